The number of fused-ring (bicyclic) bond motifs is 1. The van der Waals surface area contributed by atoms with Crippen LogP contribution in [0.3, 0.4) is 0 Å². The van der Waals surface area contributed by atoms with Crippen LogP contribution < -0.4 is 15.0 Å². The number of rotatable bonds is 4. The van der Waals surface area contributed by atoms with Gasteiger partial charge in [0.2, 0.25) is 0 Å². The van der Waals surface area contributed by atoms with Crippen LogP contribution in [-0.4, -0.2) is 16.7 Å². The molecule has 2 heterocycles. The lowest BCUT2D eigenvalue weighted by Crippen LogP contribution is -2.16. The van der Waals surface area contributed by atoms with Crippen molar-refractivity contribution in [3.8, 4) is 28.4 Å². The Morgan fingerprint density at radius 3 is 2.54 bits per heavy atom. The van der Waals surface area contributed by atoms with Crippen molar-refractivity contribution < 1.29 is 9.47 Å². The third-order valence-corrected chi connectivity index (χ3v) is 4.35. The summed E-state index contributed by atoms with van der Waals surface area (Å²) >= 11 is 0. The zero-order valence-corrected chi connectivity index (χ0v) is 14.5. The number of nitrogens with zero attached hydrogens (tertiary/aromatic N) is 1. The molecule has 0 saturated carbocycles. The van der Waals surface area contributed by atoms with Crippen LogP contribution in [0.25, 0.3) is 22.0 Å². The third kappa shape index (κ3) is 2.63. The first kappa shape index (κ1) is 16.0. The molecular weight excluding hydrogens is 328 g/mol. The van der Waals surface area contributed by atoms with Gasteiger partial charge in [-0.1, -0.05) is 30.3 Å². The van der Waals surface area contributed by atoms with Crippen molar-refractivity contribution in [3.05, 3.63) is 77.3 Å². The van der Waals surface area contributed by atoms with Crippen LogP contribution in [0.4, 0.5) is 0 Å². The second-order valence-corrected chi connectivity index (χ2v) is 5.98. The summed E-state index contributed by atoms with van der Waals surface area (Å²) in [6.45, 7) is 0. The normalized spacial score (nSPS) is 10.8. The molecule has 5 nitrogen and oxygen atoms in total. The highest BCUT2D eigenvalue weighted by Gasteiger charge is 2.17. The monoisotopic (exact) mass is 346 g/mol. The fourth-order valence-electron chi connectivity index (χ4n) is 3.08. The molecule has 0 radical (unpaired) electrons. The maximum Gasteiger partial charge on any atom is 0.274 e. The van der Waals surface area contributed by atoms with Gasteiger partial charge in [0.1, 0.15) is 11.3 Å². The molecule has 0 atom stereocenters. The van der Waals surface area contributed by atoms with Gasteiger partial charge in [-0.15, -0.1) is 0 Å². The smallest absolute Gasteiger partial charge is 0.274 e. The summed E-state index contributed by atoms with van der Waals surface area (Å²) in [4.78, 5) is 15.4. The van der Waals surface area contributed by atoms with Gasteiger partial charge in [-0.25, -0.2) is 0 Å². The van der Waals surface area contributed by atoms with Crippen LogP contribution in [0.1, 0.15) is 0 Å². The molecule has 4 rings (SSSR count). The van der Waals surface area contributed by atoms with E-state index in [1.54, 1.807) is 24.9 Å². The average Bonchev–Trinajstić information content (AvgIpc) is 3.16. The minimum atomic E-state index is -0.0674. The number of pyridine rings is 1. The number of benzene rings is 2. The summed E-state index contributed by atoms with van der Waals surface area (Å²) in [5.74, 6) is 1.96. The van der Waals surface area contributed by atoms with E-state index in [0.717, 1.165) is 16.5 Å². The molecular formula is C21H18N2O3. The summed E-state index contributed by atoms with van der Waals surface area (Å²) in [6, 6.07) is 17.2. The third-order valence-electron chi connectivity index (χ3n) is 4.35. The molecule has 2 aromatic heterocycles. The number of aromatic amines is 1. The number of hydrogen-bond acceptors (Lipinski definition) is 3. The minimum absolute atomic E-state index is 0.0674. The Bertz CT molecular complexity index is 1130. The molecule has 0 spiro atoms. The van der Waals surface area contributed by atoms with Gasteiger partial charge in [0, 0.05) is 36.0 Å². The lowest BCUT2D eigenvalue weighted by molar-refractivity contribution is 0.380. The van der Waals surface area contributed by atoms with E-state index >= 15 is 0 Å². The second kappa shape index (κ2) is 6.44. The van der Waals surface area contributed by atoms with Gasteiger partial charge in [0.25, 0.3) is 5.56 Å². The molecule has 1 N–H and O–H groups in total. The second-order valence-electron chi connectivity index (χ2n) is 5.98. The maximum atomic E-state index is 12.3. The summed E-state index contributed by atoms with van der Waals surface area (Å²) in [6.07, 6.45) is 3.60. The highest BCUT2D eigenvalue weighted by atomic mass is 16.5. The quantitative estimate of drug-likeness (QED) is 0.598. The number of methoxy groups -OCH3 is 1. The van der Waals surface area contributed by atoms with E-state index in [1.807, 2.05) is 60.8 Å². The first-order chi connectivity index (χ1) is 12.7. The maximum absolute atomic E-state index is 12.3. The highest BCUT2D eigenvalue weighted by Crippen LogP contribution is 2.42. The molecule has 4 aromatic rings. The highest BCUT2D eigenvalue weighted by molar-refractivity contribution is 5.96. The summed E-state index contributed by atoms with van der Waals surface area (Å²) in [7, 11) is 3.35. The van der Waals surface area contributed by atoms with E-state index in [1.165, 1.54) is 0 Å². The van der Waals surface area contributed by atoms with Gasteiger partial charge in [-0.3, -0.25) is 4.79 Å². The standard InChI is InChI=1S/C21H18N2O3/c1-23-13-17(15-11-12-22-19(15)21(23)24)16-9-6-10-18(25-2)20(16)26-14-7-4-3-5-8-14/h3-13,22H,1-2H3. The van der Waals surface area contributed by atoms with Crippen molar-refractivity contribution in [2.75, 3.05) is 7.11 Å². The molecule has 0 saturated heterocycles. The number of nitrogens with one attached hydrogen (secondary N) is 1. The molecule has 0 amide bonds. The van der Waals surface area contributed by atoms with Crippen molar-refractivity contribution in [1.29, 1.82) is 0 Å². The van der Waals surface area contributed by atoms with Gasteiger partial charge in [0.05, 0.1) is 7.11 Å². The van der Waals surface area contributed by atoms with Gasteiger partial charge in [-0.05, 0) is 24.3 Å². The van der Waals surface area contributed by atoms with Crippen LogP contribution in [0.15, 0.2) is 71.8 Å². The van der Waals surface area contributed by atoms with E-state index < -0.39 is 0 Å². The van der Waals surface area contributed by atoms with Gasteiger partial charge < -0.3 is 19.0 Å². The van der Waals surface area contributed by atoms with E-state index in [2.05, 4.69) is 4.98 Å². The summed E-state index contributed by atoms with van der Waals surface area (Å²) in [5.41, 5.74) is 2.25. The van der Waals surface area contributed by atoms with Crippen LogP contribution in [0, 0.1) is 0 Å². The Morgan fingerprint density at radius 1 is 0.962 bits per heavy atom. The van der Waals surface area contributed by atoms with Crippen LogP contribution in [0.2, 0.25) is 0 Å². The number of H-pyrrole nitrogens is 1. The predicted molar refractivity (Wildman–Crippen MR) is 102 cm³/mol. The molecule has 0 unspecified atom stereocenters. The molecule has 5 heteroatoms. The molecule has 2 aromatic carbocycles. The Hall–Kier alpha value is -3.47. The van der Waals surface area contributed by atoms with E-state index in [0.29, 0.717) is 22.8 Å². The van der Waals surface area contributed by atoms with Crippen molar-refractivity contribution >= 4 is 10.9 Å². The molecule has 0 fully saturated rings. The predicted octanol–water partition coefficient (Wildman–Crippen LogP) is 4.33. The Kier molecular flexibility index (Phi) is 3.97. The molecule has 0 aliphatic rings. The molecule has 0 aliphatic carbocycles. The number of hydrogen-bond donors (Lipinski definition) is 1. The molecule has 130 valence electrons. The van der Waals surface area contributed by atoms with Crippen LogP contribution in [0.5, 0.6) is 17.2 Å². The zero-order chi connectivity index (χ0) is 18.1. The lowest BCUT2D eigenvalue weighted by Gasteiger charge is -2.16. The number of para-hydroxylation sites is 2. The number of aromatic nitrogens is 2. The Morgan fingerprint density at radius 2 is 1.77 bits per heavy atom. The van der Waals surface area contributed by atoms with Crippen molar-refractivity contribution in [1.82, 2.24) is 9.55 Å². The largest absolute Gasteiger partial charge is 0.493 e. The van der Waals surface area contributed by atoms with Gasteiger partial charge >= 0.3 is 0 Å². The van der Waals surface area contributed by atoms with E-state index in [-0.39, 0.29) is 5.56 Å². The summed E-state index contributed by atoms with van der Waals surface area (Å²) < 4.78 is 13.3. The van der Waals surface area contributed by atoms with Crippen molar-refractivity contribution in [2.24, 2.45) is 7.05 Å². The first-order valence-corrected chi connectivity index (χ1v) is 8.26. The minimum Gasteiger partial charge on any atom is -0.493 e. The van der Waals surface area contributed by atoms with Crippen LogP contribution in [-0.2, 0) is 7.05 Å². The Labute approximate surface area is 150 Å². The Balaban J connectivity index is 1.97. The van der Waals surface area contributed by atoms with Crippen LogP contribution >= 0.6 is 0 Å². The van der Waals surface area contributed by atoms with Gasteiger partial charge in [-0.2, -0.15) is 0 Å². The topological polar surface area (TPSA) is 56.2 Å². The van der Waals surface area contributed by atoms with E-state index in [9.17, 15) is 4.79 Å². The lowest BCUT2D eigenvalue weighted by atomic mass is 10.0. The van der Waals surface area contributed by atoms with Crippen molar-refractivity contribution in [3.63, 3.8) is 0 Å². The SMILES string of the molecule is COc1cccc(-c2cn(C)c(=O)c3[nH]ccc23)c1Oc1ccccc1. The van der Waals surface area contributed by atoms with E-state index in [4.69, 9.17) is 9.47 Å². The zero-order valence-electron chi connectivity index (χ0n) is 14.5. The summed E-state index contributed by atoms with van der Waals surface area (Å²) in [5, 5.41) is 0.847. The fourth-order valence-corrected chi connectivity index (χ4v) is 3.08. The number of aryl methyl sites for hydroxylation is 1. The van der Waals surface area contributed by atoms with Crippen molar-refractivity contribution in [2.45, 2.75) is 0 Å². The molecule has 0 aliphatic heterocycles. The molecule has 26 heavy (non-hydrogen) atoms. The first-order valence-electron chi connectivity index (χ1n) is 8.26. The fraction of sp³-hybridized carbons (Fsp3) is 0.0952. The molecule has 0 bridgehead atoms. The van der Waals surface area contributed by atoms with Gasteiger partial charge in [0.15, 0.2) is 11.5 Å². The average molecular weight is 346 g/mol. The number of ether oxygens (including phenoxy) is 2.